The lowest BCUT2D eigenvalue weighted by Crippen LogP contribution is -2.21. The largest absolute Gasteiger partial charge is 0.497 e. The van der Waals surface area contributed by atoms with Gasteiger partial charge >= 0.3 is 0 Å². The molecule has 2 aromatic carbocycles. The van der Waals surface area contributed by atoms with E-state index in [1.807, 2.05) is 42.5 Å². The first-order chi connectivity index (χ1) is 10.3. The quantitative estimate of drug-likeness (QED) is 0.767. The fourth-order valence-corrected chi connectivity index (χ4v) is 2.01. The highest BCUT2D eigenvalue weighted by atomic mass is 16.5. The van der Waals surface area contributed by atoms with E-state index in [1.54, 1.807) is 7.11 Å². The van der Waals surface area contributed by atoms with Crippen molar-refractivity contribution in [3.8, 4) is 5.75 Å². The van der Waals surface area contributed by atoms with Crippen LogP contribution in [0.1, 0.15) is 17.2 Å². The average molecular weight is 283 g/mol. The average Bonchev–Trinajstić information content (AvgIpc) is 2.55. The normalized spacial score (nSPS) is 12.5. The smallest absolute Gasteiger partial charge is 0.118 e. The molecule has 110 valence electrons. The molecule has 2 rings (SSSR count). The number of aliphatic hydroxyl groups excluding tert-OH is 1. The van der Waals surface area contributed by atoms with E-state index < -0.39 is 6.10 Å². The van der Waals surface area contributed by atoms with Crippen LogP contribution in [0.25, 0.3) is 6.08 Å². The van der Waals surface area contributed by atoms with Crippen LogP contribution >= 0.6 is 0 Å². The molecule has 0 spiro atoms. The zero-order valence-electron chi connectivity index (χ0n) is 12.2. The number of ether oxygens (including phenoxy) is 1. The molecule has 21 heavy (non-hydrogen) atoms. The molecule has 0 saturated heterocycles. The zero-order valence-corrected chi connectivity index (χ0v) is 12.2. The molecular weight excluding hydrogens is 262 g/mol. The van der Waals surface area contributed by atoms with E-state index in [1.165, 1.54) is 5.56 Å². The van der Waals surface area contributed by atoms with Crippen LogP contribution in [0, 0.1) is 0 Å². The van der Waals surface area contributed by atoms with Crippen LogP contribution in [0.3, 0.4) is 0 Å². The number of methoxy groups -OCH3 is 1. The maximum absolute atomic E-state index is 10.1. The summed E-state index contributed by atoms with van der Waals surface area (Å²) < 4.78 is 5.10. The highest BCUT2D eigenvalue weighted by Gasteiger charge is 2.06. The Hall–Kier alpha value is -2.10. The minimum atomic E-state index is -0.513. The number of aliphatic hydroxyl groups is 1. The molecule has 0 fully saturated rings. The van der Waals surface area contributed by atoms with Crippen molar-refractivity contribution >= 4 is 6.08 Å². The van der Waals surface area contributed by atoms with Gasteiger partial charge in [-0.25, -0.2) is 0 Å². The van der Waals surface area contributed by atoms with Crippen molar-refractivity contribution in [2.75, 3.05) is 20.2 Å². The highest BCUT2D eigenvalue weighted by Crippen LogP contribution is 2.16. The zero-order chi connectivity index (χ0) is 14.9. The van der Waals surface area contributed by atoms with Gasteiger partial charge in [-0.05, 0) is 23.3 Å². The standard InChI is InChI=1S/C18H21NO2/c1-21-17-11-9-16(10-12-17)18(20)14-19-13-5-8-15-6-3-2-4-7-15/h2-12,18-20H,13-14H2,1H3/b8-5+/t18-/m1/s1. The number of nitrogens with one attached hydrogen (secondary N) is 1. The molecule has 0 aliphatic rings. The summed E-state index contributed by atoms with van der Waals surface area (Å²) >= 11 is 0. The topological polar surface area (TPSA) is 41.5 Å². The Bertz CT molecular complexity index is 549. The summed E-state index contributed by atoms with van der Waals surface area (Å²) in [4.78, 5) is 0. The maximum Gasteiger partial charge on any atom is 0.118 e. The van der Waals surface area contributed by atoms with Crippen LogP contribution in [-0.4, -0.2) is 25.3 Å². The molecule has 0 bridgehead atoms. The molecule has 0 aromatic heterocycles. The molecule has 2 N–H and O–H groups in total. The van der Waals surface area contributed by atoms with E-state index in [2.05, 4.69) is 29.6 Å². The van der Waals surface area contributed by atoms with Gasteiger partial charge in [0.1, 0.15) is 5.75 Å². The first-order valence-corrected chi connectivity index (χ1v) is 7.04. The first kappa shape index (κ1) is 15.3. The summed E-state index contributed by atoms with van der Waals surface area (Å²) in [6.07, 6.45) is 3.60. The van der Waals surface area contributed by atoms with E-state index >= 15 is 0 Å². The third-order valence-electron chi connectivity index (χ3n) is 3.21. The summed E-state index contributed by atoms with van der Waals surface area (Å²) in [5, 5.41) is 13.3. The molecule has 0 saturated carbocycles. The van der Waals surface area contributed by atoms with Gasteiger partial charge in [-0.15, -0.1) is 0 Å². The molecule has 0 radical (unpaired) electrons. The molecular formula is C18H21NO2. The lowest BCUT2D eigenvalue weighted by Gasteiger charge is -2.11. The second kappa shape index (κ2) is 8.25. The van der Waals surface area contributed by atoms with E-state index in [-0.39, 0.29) is 0 Å². The SMILES string of the molecule is COc1ccc([C@H](O)CNC/C=C/c2ccccc2)cc1. The third kappa shape index (κ3) is 5.06. The van der Waals surface area contributed by atoms with E-state index in [9.17, 15) is 5.11 Å². The van der Waals surface area contributed by atoms with Crippen LogP contribution in [-0.2, 0) is 0 Å². The third-order valence-corrected chi connectivity index (χ3v) is 3.21. The first-order valence-electron chi connectivity index (χ1n) is 7.04. The Labute approximate surface area is 125 Å². The second-order valence-electron chi connectivity index (χ2n) is 4.76. The Morgan fingerprint density at radius 1 is 1.10 bits per heavy atom. The van der Waals surface area contributed by atoms with Crippen LogP contribution in [0.4, 0.5) is 0 Å². The summed E-state index contributed by atoms with van der Waals surface area (Å²) in [6.45, 7) is 1.24. The van der Waals surface area contributed by atoms with Crippen molar-refractivity contribution in [2.24, 2.45) is 0 Å². The minimum Gasteiger partial charge on any atom is -0.497 e. The Kier molecular flexibility index (Phi) is 6.00. The van der Waals surface area contributed by atoms with Gasteiger partial charge in [-0.3, -0.25) is 0 Å². The van der Waals surface area contributed by atoms with Crippen molar-refractivity contribution in [3.63, 3.8) is 0 Å². The Morgan fingerprint density at radius 3 is 2.48 bits per heavy atom. The molecule has 0 aliphatic carbocycles. The van der Waals surface area contributed by atoms with Crippen LogP contribution in [0.2, 0.25) is 0 Å². The highest BCUT2D eigenvalue weighted by molar-refractivity contribution is 5.48. The number of hydrogen-bond donors (Lipinski definition) is 2. The fourth-order valence-electron chi connectivity index (χ4n) is 2.01. The predicted molar refractivity (Wildman–Crippen MR) is 86.3 cm³/mol. The van der Waals surface area contributed by atoms with Gasteiger partial charge in [-0.1, -0.05) is 54.6 Å². The van der Waals surface area contributed by atoms with Gasteiger partial charge in [-0.2, -0.15) is 0 Å². The van der Waals surface area contributed by atoms with Crippen molar-refractivity contribution in [2.45, 2.75) is 6.10 Å². The second-order valence-corrected chi connectivity index (χ2v) is 4.76. The fraction of sp³-hybridized carbons (Fsp3) is 0.222. The van der Waals surface area contributed by atoms with E-state index in [0.29, 0.717) is 6.54 Å². The van der Waals surface area contributed by atoms with Gasteiger partial charge in [0.05, 0.1) is 13.2 Å². The van der Waals surface area contributed by atoms with Gasteiger partial charge in [0.15, 0.2) is 0 Å². The van der Waals surface area contributed by atoms with Crippen molar-refractivity contribution in [1.29, 1.82) is 0 Å². The number of hydrogen-bond acceptors (Lipinski definition) is 3. The molecule has 1 atom stereocenters. The lowest BCUT2D eigenvalue weighted by molar-refractivity contribution is 0.176. The molecule has 0 heterocycles. The van der Waals surface area contributed by atoms with Crippen LogP contribution < -0.4 is 10.1 Å². The summed E-state index contributed by atoms with van der Waals surface area (Å²) in [5.41, 5.74) is 2.06. The minimum absolute atomic E-state index is 0.513. The van der Waals surface area contributed by atoms with Gasteiger partial charge in [0, 0.05) is 13.1 Å². The van der Waals surface area contributed by atoms with Crippen LogP contribution in [0.5, 0.6) is 5.75 Å². The molecule has 0 aliphatic heterocycles. The predicted octanol–water partition coefficient (Wildman–Crippen LogP) is 3.03. The summed E-state index contributed by atoms with van der Waals surface area (Å²) in [5.74, 6) is 0.796. The summed E-state index contributed by atoms with van der Waals surface area (Å²) in [7, 11) is 1.63. The molecule has 2 aromatic rings. The van der Waals surface area contributed by atoms with Crippen molar-refractivity contribution in [3.05, 3.63) is 71.8 Å². The number of benzene rings is 2. The van der Waals surface area contributed by atoms with Crippen molar-refractivity contribution < 1.29 is 9.84 Å². The number of rotatable bonds is 7. The van der Waals surface area contributed by atoms with Gasteiger partial charge in [0.2, 0.25) is 0 Å². The van der Waals surface area contributed by atoms with Gasteiger partial charge in [0.25, 0.3) is 0 Å². The molecule has 0 unspecified atom stereocenters. The van der Waals surface area contributed by atoms with E-state index in [0.717, 1.165) is 17.9 Å². The van der Waals surface area contributed by atoms with E-state index in [4.69, 9.17) is 4.74 Å². The Balaban J connectivity index is 1.73. The molecule has 3 nitrogen and oxygen atoms in total. The lowest BCUT2D eigenvalue weighted by atomic mass is 10.1. The van der Waals surface area contributed by atoms with Crippen molar-refractivity contribution in [1.82, 2.24) is 5.32 Å². The molecule has 3 heteroatoms. The summed E-state index contributed by atoms with van der Waals surface area (Å²) in [6, 6.07) is 17.6. The molecule has 0 amide bonds. The van der Waals surface area contributed by atoms with Crippen LogP contribution in [0.15, 0.2) is 60.7 Å². The van der Waals surface area contributed by atoms with Gasteiger partial charge < -0.3 is 15.2 Å². The maximum atomic E-state index is 10.1. The Morgan fingerprint density at radius 2 is 1.81 bits per heavy atom. The monoisotopic (exact) mass is 283 g/mol.